The molecule has 0 aliphatic rings. The molecule has 0 aliphatic carbocycles. The van der Waals surface area contributed by atoms with Gasteiger partial charge in [0, 0.05) is 18.7 Å². The summed E-state index contributed by atoms with van der Waals surface area (Å²) in [6, 6.07) is 15.0. The first kappa shape index (κ1) is 24.3. The van der Waals surface area contributed by atoms with Crippen LogP contribution in [0.5, 0.6) is 0 Å². The van der Waals surface area contributed by atoms with Crippen molar-refractivity contribution in [3.8, 4) is 0 Å². The summed E-state index contributed by atoms with van der Waals surface area (Å²) in [4.78, 5) is 29.0. The lowest BCUT2D eigenvalue weighted by Gasteiger charge is -2.20. The number of aromatic nitrogens is 2. The van der Waals surface area contributed by atoms with E-state index >= 15 is 0 Å². The summed E-state index contributed by atoms with van der Waals surface area (Å²) in [6.07, 6.45) is -2.38. The van der Waals surface area contributed by atoms with E-state index in [4.69, 9.17) is 0 Å². The maximum absolute atomic E-state index is 13.0. The highest BCUT2D eigenvalue weighted by Gasteiger charge is 2.27. The van der Waals surface area contributed by atoms with Gasteiger partial charge in [-0.1, -0.05) is 50.2 Å². The number of hydrogen-bond acceptors (Lipinski definition) is 3. The lowest BCUT2D eigenvalue weighted by molar-refractivity contribution is -0.138. The number of amides is 2. The second kappa shape index (κ2) is 10.5. The Kier molecular flexibility index (Phi) is 7.73. The molecule has 0 spiro atoms. The summed E-state index contributed by atoms with van der Waals surface area (Å²) in [7, 11) is 0. The Hall–Kier alpha value is -3.36. The van der Waals surface area contributed by atoms with Crippen molar-refractivity contribution < 1.29 is 22.8 Å². The van der Waals surface area contributed by atoms with E-state index in [2.05, 4.69) is 24.1 Å². The van der Waals surface area contributed by atoms with Crippen LogP contribution in [0.25, 0.3) is 5.65 Å². The number of rotatable bonds is 9. The van der Waals surface area contributed by atoms with Crippen molar-refractivity contribution >= 4 is 17.5 Å². The Bertz CT molecular complexity index is 1090. The summed E-state index contributed by atoms with van der Waals surface area (Å²) >= 11 is 0. The van der Waals surface area contributed by atoms with Gasteiger partial charge in [0.1, 0.15) is 17.9 Å². The van der Waals surface area contributed by atoms with Crippen LogP contribution in [-0.4, -0.2) is 40.5 Å². The molecule has 3 aromatic rings. The minimum Gasteiger partial charge on any atom is -0.350 e. The fourth-order valence-electron chi connectivity index (χ4n) is 3.70. The zero-order valence-corrected chi connectivity index (χ0v) is 18.5. The van der Waals surface area contributed by atoms with E-state index in [9.17, 15) is 22.8 Å². The molecule has 0 aliphatic heterocycles. The minimum atomic E-state index is -4.48. The molecule has 1 unspecified atom stereocenters. The average Bonchev–Trinajstić information content (AvgIpc) is 3.17. The van der Waals surface area contributed by atoms with Crippen molar-refractivity contribution in [3.63, 3.8) is 0 Å². The molecule has 9 heteroatoms. The van der Waals surface area contributed by atoms with Crippen LogP contribution in [0.15, 0.2) is 54.7 Å². The largest absolute Gasteiger partial charge is 0.405 e. The maximum atomic E-state index is 13.0. The van der Waals surface area contributed by atoms with Crippen molar-refractivity contribution in [1.82, 2.24) is 20.0 Å². The van der Waals surface area contributed by atoms with Gasteiger partial charge >= 0.3 is 6.18 Å². The van der Waals surface area contributed by atoms with Crippen LogP contribution in [0.3, 0.4) is 0 Å². The first-order chi connectivity index (χ1) is 15.6. The predicted molar refractivity (Wildman–Crippen MR) is 119 cm³/mol. The zero-order chi connectivity index (χ0) is 24.0. The molecule has 0 radical (unpaired) electrons. The molecule has 0 saturated heterocycles. The van der Waals surface area contributed by atoms with Crippen LogP contribution in [0.2, 0.25) is 0 Å². The molecule has 33 heavy (non-hydrogen) atoms. The van der Waals surface area contributed by atoms with Crippen LogP contribution in [0.1, 0.15) is 47.9 Å². The van der Waals surface area contributed by atoms with Gasteiger partial charge in [0.15, 0.2) is 0 Å². The molecule has 0 bridgehead atoms. The van der Waals surface area contributed by atoms with Gasteiger partial charge in [-0.3, -0.25) is 14.0 Å². The molecule has 1 aromatic carbocycles. The first-order valence-corrected chi connectivity index (χ1v) is 10.8. The van der Waals surface area contributed by atoms with Crippen molar-refractivity contribution in [2.45, 2.75) is 38.8 Å². The Labute approximate surface area is 190 Å². The number of nitrogens with one attached hydrogen (secondary N) is 2. The number of fused-ring (bicyclic) bond motifs is 1. The van der Waals surface area contributed by atoms with Crippen molar-refractivity contribution in [3.05, 3.63) is 71.7 Å². The fraction of sp³-hybridized carbons (Fsp3) is 0.375. The predicted octanol–water partition coefficient (Wildman–Crippen LogP) is 4.12. The van der Waals surface area contributed by atoms with Crippen LogP contribution in [-0.2, 0) is 11.2 Å². The third kappa shape index (κ3) is 7.06. The van der Waals surface area contributed by atoms with E-state index in [1.54, 1.807) is 22.6 Å². The van der Waals surface area contributed by atoms with Gasteiger partial charge in [-0.2, -0.15) is 13.2 Å². The summed E-state index contributed by atoms with van der Waals surface area (Å²) in [5.74, 6) is -0.475. The number of pyridine rings is 1. The molecular weight excluding hydrogens is 433 g/mol. The van der Waals surface area contributed by atoms with Crippen molar-refractivity contribution in [1.29, 1.82) is 0 Å². The highest BCUT2D eigenvalue weighted by molar-refractivity contribution is 5.93. The lowest BCUT2D eigenvalue weighted by Crippen LogP contribution is -2.34. The molecule has 176 valence electrons. The Morgan fingerprint density at radius 3 is 2.42 bits per heavy atom. The second-order valence-corrected chi connectivity index (χ2v) is 8.39. The number of hydrogen-bond donors (Lipinski definition) is 2. The van der Waals surface area contributed by atoms with Gasteiger partial charge in [0.2, 0.25) is 5.91 Å². The van der Waals surface area contributed by atoms with Crippen LogP contribution in [0, 0.1) is 5.92 Å². The average molecular weight is 461 g/mol. The highest BCUT2D eigenvalue weighted by atomic mass is 19.4. The summed E-state index contributed by atoms with van der Waals surface area (Å²) in [5.41, 5.74) is 2.19. The quantitative estimate of drug-likeness (QED) is 0.505. The number of nitrogens with zero attached hydrogens (tertiary/aromatic N) is 2. The molecular formula is C24H27F3N4O2. The van der Waals surface area contributed by atoms with E-state index in [1.807, 2.05) is 35.6 Å². The van der Waals surface area contributed by atoms with Gasteiger partial charge in [-0.25, -0.2) is 4.98 Å². The molecule has 2 amide bonds. The number of carbonyl (C=O) groups is 2. The van der Waals surface area contributed by atoms with Gasteiger partial charge < -0.3 is 10.6 Å². The molecule has 2 heterocycles. The number of imidazole rings is 1. The van der Waals surface area contributed by atoms with Crippen molar-refractivity contribution in [2.24, 2.45) is 5.92 Å². The highest BCUT2D eigenvalue weighted by Crippen LogP contribution is 2.23. The normalized spacial score (nSPS) is 12.7. The smallest absolute Gasteiger partial charge is 0.350 e. The Morgan fingerprint density at radius 2 is 1.76 bits per heavy atom. The molecule has 0 saturated carbocycles. The number of carbonyl (C=O) groups excluding carboxylic acids is 2. The number of benzene rings is 1. The number of halogens is 3. The van der Waals surface area contributed by atoms with Gasteiger partial charge in [-0.05, 0) is 30.0 Å². The van der Waals surface area contributed by atoms with E-state index in [-0.39, 0.29) is 23.9 Å². The topological polar surface area (TPSA) is 75.5 Å². The van der Waals surface area contributed by atoms with Crippen LogP contribution >= 0.6 is 0 Å². The summed E-state index contributed by atoms with van der Waals surface area (Å²) in [6.45, 7) is 3.33. The maximum Gasteiger partial charge on any atom is 0.405 e. The van der Waals surface area contributed by atoms with E-state index < -0.39 is 18.6 Å². The standard InChI is InChI=1S/C24H27F3N4O2/c1-16(2)11-18(17-7-4-3-5-8-17)13-28-23(33)20-9-6-10-21-30-19(14-31(20)21)12-22(32)29-15-24(25,26)27/h3-10,14,16,18H,11-13,15H2,1-2H3,(H,28,33)(H,29,32). The first-order valence-electron chi connectivity index (χ1n) is 10.8. The third-order valence-electron chi connectivity index (χ3n) is 5.14. The van der Waals surface area contributed by atoms with Crippen LogP contribution < -0.4 is 10.6 Å². The van der Waals surface area contributed by atoms with E-state index in [0.717, 1.165) is 12.0 Å². The van der Waals surface area contributed by atoms with Crippen molar-refractivity contribution in [2.75, 3.05) is 13.1 Å². The molecule has 1 atom stereocenters. The Balaban J connectivity index is 1.71. The van der Waals surface area contributed by atoms with Gasteiger partial charge in [-0.15, -0.1) is 0 Å². The molecule has 0 fully saturated rings. The van der Waals surface area contributed by atoms with E-state index in [1.165, 1.54) is 6.20 Å². The van der Waals surface area contributed by atoms with E-state index in [0.29, 0.717) is 23.8 Å². The molecule has 2 aromatic heterocycles. The fourth-order valence-corrected chi connectivity index (χ4v) is 3.70. The molecule has 3 rings (SSSR count). The number of alkyl halides is 3. The lowest BCUT2D eigenvalue weighted by atomic mass is 9.90. The van der Waals surface area contributed by atoms with Gasteiger partial charge in [0.05, 0.1) is 12.1 Å². The minimum absolute atomic E-state index is 0.157. The monoisotopic (exact) mass is 460 g/mol. The summed E-state index contributed by atoms with van der Waals surface area (Å²) < 4.78 is 38.4. The Morgan fingerprint density at radius 1 is 1.03 bits per heavy atom. The summed E-state index contributed by atoms with van der Waals surface area (Å²) in [5, 5.41) is 4.81. The zero-order valence-electron chi connectivity index (χ0n) is 18.5. The second-order valence-electron chi connectivity index (χ2n) is 8.39. The SMILES string of the molecule is CC(C)CC(CNC(=O)c1cccc2nc(CC(=O)NCC(F)(F)F)cn12)c1ccccc1. The third-order valence-corrected chi connectivity index (χ3v) is 5.14. The van der Waals surface area contributed by atoms with Gasteiger partial charge in [0.25, 0.3) is 5.91 Å². The molecule has 2 N–H and O–H groups in total. The van der Waals surface area contributed by atoms with Crippen LogP contribution in [0.4, 0.5) is 13.2 Å². The molecule has 6 nitrogen and oxygen atoms in total.